The number of carbonyl (C=O) groups is 2. The van der Waals surface area contributed by atoms with Crippen LogP contribution in [0.3, 0.4) is 0 Å². The number of imide groups is 1. The summed E-state index contributed by atoms with van der Waals surface area (Å²) < 4.78 is 66.3. The minimum atomic E-state index is -5.46. The molecule has 2 N–H and O–H groups in total. The molecule has 1 aliphatic rings. The molecule has 0 aromatic heterocycles. The summed E-state index contributed by atoms with van der Waals surface area (Å²) in [7, 11) is -4.16. The Morgan fingerprint density at radius 3 is 2.23 bits per heavy atom. The normalized spacial score (nSPS) is 17.5. The standard InChI is InChI=1S/C18H16F3N3O6S/c1-10-9-11(24-16(26)22-15(25)23(2)17(24)27)3-8-14(10)30-12-4-6-13(7-5-12)31(28,29)18(19,20)21/h3-9,17,27H,1-2H3,(H,22,25,26). The van der Waals surface area contributed by atoms with Gasteiger partial charge in [0.2, 0.25) is 6.35 Å². The fourth-order valence-electron chi connectivity index (χ4n) is 2.72. The highest BCUT2D eigenvalue weighted by atomic mass is 32.2. The van der Waals surface area contributed by atoms with Crippen molar-refractivity contribution in [1.82, 2.24) is 10.2 Å². The van der Waals surface area contributed by atoms with Gasteiger partial charge in [0.15, 0.2) is 0 Å². The van der Waals surface area contributed by atoms with E-state index in [1.54, 1.807) is 6.92 Å². The maximum Gasteiger partial charge on any atom is 0.501 e. The first-order valence-corrected chi connectivity index (χ1v) is 10.1. The first-order valence-electron chi connectivity index (χ1n) is 8.58. The zero-order chi connectivity index (χ0) is 23.1. The van der Waals surface area contributed by atoms with E-state index in [1.807, 2.05) is 0 Å². The minimum Gasteiger partial charge on any atom is -0.457 e. The molecular formula is C18H16F3N3O6S. The molecule has 31 heavy (non-hydrogen) atoms. The fraction of sp³-hybridized carbons (Fsp3) is 0.222. The number of benzene rings is 2. The molecule has 13 heteroatoms. The van der Waals surface area contributed by atoms with Crippen LogP contribution in [-0.4, -0.2) is 49.4 Å². The molecule has 0 spiro atoms. The van der Waals surface area contributed by atoms with Crippen LogP contribution in [0.15, 0.2) is 47.4 Å². The molecule has 0 radical (unpaired) electrons. The first kappa shape index (κ1) is 22.4. The van der Waals surface area contributed by atoms with Crippen molar-refractivity contribution in [3.05, 3.63) is 48.0 Å². The van der Waals surface area contributed by atoms with Gasteiger partial charge in [-0.05, 0) is 55.0 Å². The number of nitrogens with one attached hydrogen (secondary N) is 1. The van der Waals surface area contributed by atoms with Crippen LogP contribution in [-0.2, 0) is 9.84 Å². The molecule has 2 aromatic rings. The van der Waals surface area contributed by atoms with Gasteiger partial charge in [0.05, 0.1) is 10.6 Å². The molecule has 166 valence electrons. The number of aryl methyl sites for hydroxylation is 1. The van der Waals surface area contributed by atoms with Gasteiger partial charge >= 0.3 is 17.6 Å². The zero-order valence-corrected chi connectivity index (χ0v) is 16.9. The third-order valence-corrected chi connectivity index (χ3v) is 5.94. The first-order chi connectivity index (χ1) is 14.3. The number of aliphatic hydroxyl groups is 1. The summed E-state index contributed by atoms with van der Waals surface area (Å²) in [5.74, 6) is 0.351. The average molecular weight is 459 g/mol. The molecule has 1 saturated heterocycles. The van der Waals surface area contributed by atoms with Gasteiger partial charge in [-0.25, -0.2) is 22.9 Å². The van der Waals surface area contributed by atoms with Crippen LogP contribution in [0, 0.1) is 6.92 Å². The van der Waals surface area contributed by atoms with E-state index in [1.165, 1.54) is 25.2 Å². The lowest BCUT2D eigenvalue weighted by Gasteiger charge is -2.38. The number of nitrogens with zero attached hydrogens (tertiary/aromatic N) is 2. The predicted octanol–water partition coefficient (Wildman–Crippen LogP) is 2.94. The van der Waals surface area contributed by atoms with E-state index in [-0.39, 0.29) is 17.2 Å². The summed E-state index contributed by atoms with van der Waals surface area (Å²) >= 11 is 0. The van der Waals surface area contributed by atoms with Gasteiger partial charge in [-0.3, -0.25) is 10.2 Å². The van der Waals surface area contributed by atoms with Crippen molar-refractivity contribution in [1.29, 1.82) is 0 Å². The molecular weight excluding hydrogens is 443 g/mol. The molecule has 3 rings (SSSR count). The van der Waals surface area contributed by atoms with Gasteiger partial charge in [-0.2, -0.15) is 13.2 Å². The Bertz CT molecular complexity index is 1140. The van der Waals surface area contributed by atoms with Gasteiger partial charge in [0.25, 0.3) is 9.84 Å². The monoisotopic (exact) mass is 459 g/mol. The molecule has 4 amide bonds. The van der Waals surface area contributed by atoms with Crippen LogP contribution in [0.5, 0.6) is 11.5 Å². The third kappa shape index (κ3) is 4.14. The van der Waals surface area contributed by atoms with E-state index in [2.05, 4.69) is 5.32 Å². The van der Waals surface area contributed by atoms with Gasteiger partial charge in [-0.1, -0.05) is 0 Å². The van der Waals surface area contributed by atoms with Gasteiger partial charge in [0, 0.05) is 7.05 Å². The van der Waals surface area contributed by atoms with Crippen LogP contribution < -0.4 is 15.0 Å². The Kier molecular flexibility index (Phi) is 5.58. The number of carbonyl (C=O) groups excluding carboxylic acids is 2. The molecule has 0 aliphatic carbocycles. The number of sulfone groups is 1. The number of alkyl halides is 3. The number of amides is 4. The quantitative estimate of drug-likeness (QED) is 0.726. The maximum absolute atomic E-state index is 12.6. The molecule has 0 saturated carbocycles. The van der Waals surface area contributed by atoms with Crippen molar-refractivity contribution < 1.29 is 41.0 Å². The average Bonchev–Trinajstić information content (AvgIpc) is 2.68. The van der Waals surface area contributed by atoms with Crippen molar-refractivity contribution in [3.63, 3.8) is 0 Å². The third-order valence-electron chi connectivity index (χ3n) is 4.43. The van der Waals surface area contributed by atoms with E-state index >= 15 is 0 Å². The van der Waals surface area contributed by atoms with Crippen molar-refractivity contribution in [3.8, 4) is 11.5 Å². The lowest BCUT2D eigenvalue weighted by molar-refractivity contribution is -0.0436. The smallest absolute Gasteiger partial charge is 0.457 e. The van der Waals surface area contributed by atoms with Crippen molar-refractivity contribution >= 4 is 27.6 Å². The minimum absolute atomic E-state index is 0.0815. The van der Waals surface area contributed by atoms with E-state index in [9.17, 15) is 36.3 Å². The lowest BCUT2D eigenvalue weighted by Crippen LogP contribution is -2.64. The zero-order valence-electron chi connectivity index (χ0n) is 16.0. The Morgan fingerprint density at radius 2 is 1.68 bits per heavy atom. The number of halogens is 3. The summed E-state index contributed by atoms with van der Waals surface area (Å²) in [6.07, 6.45) is -1.53. The number of anilines is 1. The van der Waals surface area contributed by atoms with E-state index in [0.29, 0.717) is 5.56 Å². The molecule has 0 bridgehead atoms. The topological polar surface area (TPSA) is 116 Å². The number of hydrogen-bond acceptors (Lipinski definition) is 6. The summed E-state index contributed by atoms with van der Waals surface area (Å²) in [5.41, 5.74) is -4.67. The van der Waals surface area contributed by atoms with Gasteiger partial charge in [0.1, 0.15) is 11.5 Å². The van der Waals surface area contributed by atoms with Crippen molar-refractivity contribution in [2.24, 2.45) is 0 Å². The highest BCUT2D eigenvalue weighted by Gasteiger charge is 2.46. The molecule has 1 heterocycles. The van der Waals surface area contributed by atoms with Crippen molar-refractivity contribution in [2.75, 3.05) is 11.9 Å². The van der Waals surface area contributed by atoms with Crippen LogP contribution in [0.4, 0.5) is 28.4 Å². The second-order valence-electron chi connectivity index (χ2n) is 6.54. The number of aliphatic hydroxyl groups excluding tert-OH is 1. The van der Waals surface area contributed by atoms with E-state index < -0.39 is 38.7 Å². The molecule has 1 aliphatic heterocycles. The fourth-order valence-corrected chi connectivity index (χ4v) is 3.48. The second kappa shape index (κ2) is 7.74. The number of hydrogen-bond donors (Lipinski definition) is 2. The second-order valence-corrected chi connectivity index (χ2v) is 8.48. The Balaban J connectivity index is 1.82. The Morgan fingerprint density at radius 1 is 1.06 bits per heavy atom. The molecule has 1 unspecified atom stereocenters. The van der Waals surface area contributed by atoms with E-state index in [0.717, 1.165) is 34.1 Å². The van der Waals surface area contributed by atoms with Gasteiger partial charge in [-0.15, -0.1) is 0 Å². The highest BCUT2D eigenvalue weighted by molar-refractivity contribution is 7.92. The largest absolute Gasteiger partial charge is 0.501 e. The lowest BCUT2D eigenvalue weighted by atomic mass is 10.2. The number of rotatable bonds is 4. The van der Waals surface area contributed by atoms with Crippen LogP contribution in [0.25, 0.3) is 0 Å². The summed E-state index contributed by atoms with van der Waals surface area (Å²) in [6.45, 7) is 1.62. The predicted molar refractivity (Wildman–Crippen MR) is 101 cm³/mol. The summed E-state index contributed by atoms with van der Waals surface area (Å²) in [5, 5.41) is 12.2. The van der Waals surface area contributed by atoms with Gasteiger partial charge < -0.3 is 9.84 Å². The molecule has 9 nitrogen and oxygen atoms in total. The highest BCUT2D eigenvalue weighted by Crippen LogP contribution is 2.33. The molecule has 1 fully saturated rings. The molecule has 2 aromatic carbocycles. The summed E-state index contributed by atoms with van der Waals surface area (Å²) in [4.78, 5) is 24.6. The maximum atomic E-state index is 12.6. The van der Waals surface area contributed by atoms with Crippen LogP contribution in [0.2, 0.25) is 0 Å². The Labute approximate surface area is 174 Å². The van der Waals surface area contributed by atoms with E-state index in [4.69, 9.17) is 4.74 Å². The van der Waals surface area contributed by atoms with Crippen molar-refractivity contribution in [2.45, 2.75) is 23.7 Å². The van der Waals surface area contributed by atoms with Crippen LogP contribution >= 0.6 is 0 Å². The summed E-state index contributed by atoms with van der Waals surface area (Å²) in [6, 6.07) is 6.49. The Hall–Kier alpha value is -3.32. The van der Waals surface area contributed by atoms with Crippen LogP contribution in [0.1, 0.15) is 5.56 Å². The number of urea groups is 2. The molecule has 1 atom stereocenters. The number of ether oxygens (including phenoxy) is 1. The SMILES string of the molecule is Cc1cc(N2C(=O)NC(=O)N(C)C2O)ccc1Oc1ccc(S(=O)(=O)C(F)(F)F)cc1.